The van der Waals surface area contributed by atoms with E-state index in [4.69, 9.17) is 5.73 Å². The highest BCUT2D eigenvalue weighted by atomic mass is 16.5. The van der Waals surface area contributed by atoms with Gasteiger partial charge in [0.1, 0.15) is 0 Å². The van der Waals surface area contributed by atoms with Gasteiger partial charge in [-0.05, 0) is 18.6 Å². The van der Waals surface area contributed by atoms with Gasteiger partial charge in [0.15, 0.2) is 0 Å². The summed E-state index contributed by atoms with van der Waals surface area (Å²) in [7, 11) is 1.34. The minimum absolute atomic E-state index is 0.197. The fraction of sp³-hybridized carbons (Fsp3) is 0.417. The maximum absolute atomic E-state index is 11.7. The molecule has 1 aromatic rings. The normalized spacial score (nSPS) is 9.89. The van der Waals surface area contributed by atoms with Gasteiger partial charge in [-0.3, -0.25) is 14.6 Å². The number of carbonyl (C=O) groups excluding carboxylic acids is 2. The molecular weight excluding hydrogens is 234 g/mol. The number of ether oxygens (including phenoxy) is 1. The number of nitrogens with two attached hydrogens (primary N) is 1. The van der Waals surface area contributed by atoms with Crippen molar-refractivity contribution in [2.45, 2.75) is 19.4 Å². The largest absolute Gasteiger partial charge is 0.469 e. The summed E-state index contributed by atoms with van der Waals surface area (Å²) in [6, 6.07) is 3.27. The van der Waals surface area contributed by atoms with Crippen molar-refractivity contribution in [1.29, 1.82) is 0 Å². The van der Waals surface area contributed by atoms with Gasteiger partial charge in [-0.2, -0.15) is 0 Å². The summed E-state index contributed by atoms with van der Waals surface area (Å²) < 4.78 is 4.50. The Morgan fingerprint density at radius 3 is 2.94 bits per heavy atom. The second-order valence-corrected chi connectivity index (χ2v) is 3.68. The molecule has 6 nitrogen and oxygen atoms in total. The van der Waals surface area contributed by atoms with Crippen LogP contribution in [-0.4, -0.2) is 30.5 Å². The van der Waals surface area contributed by atoms with Gasteiger partial charge in [0.05, 0.1) is 12.8 Å². The second kappa shape index (κ2) is 7.39. The van der Waals surface area contributed by atoms with Crippen molar-refractivity contribution < 1.29 is 14.3 Å². The number of methoxy groups -OCH3 is 1. The molecule has 0 aromatic carbocycles. The number of esters is 1. The molecule has 0 atom stereocenters. The molecule has 0 bridgehead atoms. The number of aromatic nitrogens is 1. The summed E-state index contributed by atoms with van der Waals surface area (Å²) in [4.78, 5) is 26.6. The Bertz CT molecular complexity index is 421. The summed E-state index contributed by atoms with van der Waals surface area (Å²) in [5, 5.41) is 2.71. The van der Waals surface area contributed by atoms with Crippen molar-refractivity contribution in [1.82, 2.24) is 10.3 Å². The van der Waals surface area contributed by atoms with E-state index in [9.17, 15) is 9.59 Å². The minimum Gasteiger partial charge on any atom is -0.469 e. The van der Waals surface area contributed by atoms with Gasteiger partial charge in [0.2, 0.25) is 0 Å². The molecular formula is C12H17N3O3. The van der Waals surface area contributed by atoms with Crippen molar-refractivity contribution >= 4 is 11.9 Å². The van der Waals surface area contributed by atoms with Crippen LogP contribution in [0.25, 0.3) is 0 Å². The van der Waals surface area contributed by atoms with Gasteiger partial charge in [0, 0.05) is 31.3 Å². The Kier molecular flexibility index (Phi) is 5.79. The number of nitrogens with zero attached hydrogens (tertiary/aromatic N) is 1. The van der Waals surface area contributed by atoms with E-state index in [-0.39, 0.29) is 11.9 Å². The van der Waals surface area contributed by atoms with Gasteiger partial charge in [-0.1, -0.05) is 0 Å². The van der Waals surface area contributed by atoms with Crippen LogP contribution in [0.2, 0.25) is 0 Å². The lowest BCUT2D eigenvalue weighted by Gasteiger charge is -2.05. The zero-order chi connectivity index (χ0) is 13.4. The smallest absolute Gasteiger partial charge is 0.305 e. The summed E-state index contributed by atoms with van der Waals surface area (Å²) in [5.41, 5.74) is 6.62. The maximum Gasteiger partial charge on any atom is 0.305 e. The van der Waals surface area contributed by atoms with Crippen molar-refractivity contribution in [3.63, 3.8) is 0 Å². The number of hydrogen-bond donors (Lipinski definition) is 2. The SMILES string of the molecule is COC(=O)CCCNC(=O)c1ccnc(CN)c1. The molecule has 0 unspecified atom stereocenters. The van der Waals surface area contributed by atoms with Crippen molar-refractivity contribution in [2.24, 2.45) is 5.73 Å². The third kappa shape index (κ3) is 4.50. The number of amides is 1. The van der Waals surface area contributed by atoms with Crippen LogP contribution >= 0.6 is 0 Å². The number of rotatable bonds is 6. The molecule has 0 fully saturated rings. The third-order valence-electron chi connectivity index (χ3n) is 2.36. The Hall–Kier alpha value is -1.95. The van der Waals surface area contributed by atoms with Crippen LogP contribution in [-0.2, 0) is 16.1 Å². The van der Waals surface area contributed by atoms with Gasteiger partial charge >= 0.3 is 5.97 Å². The van der Waals surface area contributed by atoms with Crippen LogP contribution in [0.4, 0.5) is 0 Å². The quantitative estimate of drug-likeness (QED) is 0.557. The topological polar surface area (TPSA) is 94.3 Å². The van der Waals surface area contributed by atoms with Crippen molar-refractivity contribution in [3.05, 3.63) is 29.6 Å². The average Bonchev–Trinajstić information content (AvgIpc) is 2.43. The van der Waals surface area contributed by atoms with Gasteiger partial charge in [0.25, 0.3) is 5.91 Å². The zero-order valence-electron chi connectivity index (χ0n) is 10.3. The van der Waals surface area contributed by atoms with Crippen LogP contribution in [0.5, 0.6) is 0 Å². The van der Waals surface area contributed by atoms with E-state index in [1.54, 1.807) is 18.3 Å². The minimum atomic E-state index is -0.279. The van der Waals surface area contributed by atoms with E-state index >= 15 is 0 Å². The average molecular weight is 251 g/mol. The maximum atomic E-state index is 11.7. The lowest BCUT2D eigenvalue weighted by Crippen LogP contribution is -2.25. The monoisotopic (exact) mass is 251 g/mol. The molecule has 1 rings (SSSR count). The van der Waals surface area contributed by atoms with Gasteiger partial charge in [-0.15, -0.1) is 0 Å². The van der Waals surface area contributed by atoms with E-state index in [1.165, 1.54) is 7.11 Å². The summed E-state index contributed by atoms with van der Waals surface area (Å²) >= 11 is 0. The predicted molar refractivity (Wildman–Crippen MR) is 65.7 cm³/mol. The highest BCUT2D eigenvalue weighted by molar-refractivity contribution is 5.94. The van der Waals surface area contributed by atoms with Crippen molar-refractivity contribution in [3.8, 4) is 0 Å². The van der Waals surface area contributed by atoms with Crippen LogP contribution in [0, 0.1) is 0 Å². The summed E-state index contributed by atoms with van der Waals surface area (Å²) in [6.45, 7) is 0.720. The van der Waals surface area contributed by atoms with Gasteiger partial charge < -0.3 is 15.8 Å². The zero-order valence-corrected chi connectivity index (χ0v) is 10.3. The fourth-order valence-corrected chi connectivity index (χ4v) is 1.37. The van der Waals surface area contributed by atoms with Crippen LogP contribution in [0.3, 0.4) is 0 Å². The lowest BCUT2D eigenvalue weighted by atomic mass is 10.2. The molecule has 0 saturated heterocycles. The number of carbonyl (C=O) groups is 2. The molecule has 0 aliphatic carbocycles. The first-order valence-corrected chi connectivity index (χ1v) is 5.67. The summed E-state index contributed by atoms with van der Waals surface area (Å²) in [6.07, 6.45) is 2.39. The standard InChI is InChI=1S/C12H17N3O3/c1-18-11(16)3-2-5-15-12(17)9-4-6-14-10(7-9)8-13/h4,6-7H,2-3,5,8,13H2,1H3,(H,15,17). The Balaban J connectivity index is 2.38. The van der Waals surface area contributed by atoms with Gasteiger partial charge in [-0.25, -0.2) is 0 Å². The molecule has 1 heterocycles. The van der Waals surface area contributed by atoms with E-state index < -0.39 is 0 Å². The first-order valence-electron chi connectivity index (χ1n) is 5.67. The Morgan fingerprint density at radius 1 is 1.50 bits per heavy atom. The molecule has 3 N–H and O–H groups in total. The molecule has 0 radical (unpaired) electrons. The highest BCUT2D eigenvalue weighted by Crippen LogP contribution is 2.01. The molecule has 0 aliphatic rings. The fourth-order valence-electron chi connectivity index (χ4n) is 1.37. The molecule has 1 amide bonds. The van der Waals surface area contributed by atoms with Crippen molar-refractivity contribution in [2.75, 3.05) is 13.7 Å². The van der Waals surface area contributed by atoms with E-state index in [0.717, 1.165) is 0 Å². The summed E-state index contributed by atoms with van der Waals surface area (Å²) in [5.74, 6) is -0.476. The van der Waals surface area contributed by atoms with Crippen LogP contribution in [0.15, 0.2) is 18.3 Å². The molecule has 0 saturated carbocycles. The molecule has 0 spiro atoms. The van der Waals surface area contributed by atoms with E-state index in [2.05, 4.69) is 15.0 Å². The lowest BCUT2D eigenvalue weighted by molar-refractivity contribution is -0.140. The Morgan fingerprint density at radius 2 is 2.28 bits per heavy atom. The molecule has 98 valence electrons. The number of nitrogens with one attached hydrogen (secondary N) is 1. The molecule has 6 heteroatoms. The molecule has 18 heavy (non-hydrogen) atoms. The predicted octanol–water partition coefficient (Wildman–Crippen LogP) is 0.223. The van der Waals surface area contributed by atoms with E-state index in [0.29, 0.717) is 37.2 Å². The number of hydrogen-bond acceptors (Lipinski definition) is 5. The second-order valence-electron chi connectivity index (χ2n) is 3.68. The Labute approximate surface area is 106 Å². The first-order chi connectivity index (χ1) is 8.67. The van der Waals surface area contributed by atoms with Crippen LogP contribution in [0.1, 0.15) is 28.9 Å². The number of pyridine rings is 1. The van der Waals surface area contributed by atoms with E-state index in [1.807, 2.05) is 0 Å². The molecule has 0 aliphatic heterocycles. The first kappa shape index (κ1) is 14.1. The third-order valence-corrected chi connectivity index (χ3v) is 2.36. The van der Waals surface area contributed by atoms with Crippen LogP contribution < -0.4 is 11.1 Å². The molecule has 1 aromatic heterocycles. The highest BCUT2D eigenvalue weighted by Gasteiger charge is 2.06.